The van der Waals surface area contributed by atoms with Crippen molar-refractivity contribution in [2.75, 3.05) is 4.90 Å². The van der Waals surface area contributed by atoms with Crippen molar-refractivity contribution < 1.29 is 9.59 Å². The van der Waals surface area contributed by atoms with Crippen LogP contribution in [0.4, 0.5) is 5.69 Å². The third kappa shape index (κ3) is 3.50. The molecule has 1 fully saturated rings. The summed E-state index contributed by atoms with van der Waals surface area (Å²) in [6, 6.07) is 13.3. The minimum Gasteiger partial charge on any atom is -0.298 e. The van der Waals surface area contributed by atoms with E-state index in [1.807, 2.05) is 56.3 Å². The molecule has 0 atom stereocenters. The third-order valence-electron chi connectivity index (χ3n) is 3.90. The maximum atomic E-state index is 13.0. The minimum absolute atomic E-state index is 0.0673. The van der Waals surface area contributed by atoms with Crippen molar-refractivity contribution in [1.82, 2.24) is 5.32 Å². The lowest BCUT2D eigenvalue weighted by Gasteiger charge is -2.30. The fourth-order valence-electron chi connectivity index (χ4n) is 2.68. The van der Waals surface area contributed by atoms with E-state index in [9.17, 15) is 9.59 Å². The second-order valence-corrected chi connectivity index (χ2v) is 7.32. The van der Waals surface area contributed by atoms with Crippen molar-refractivity contribution in [3.05, 3.63) is 68.3 Å². The molecule has 2 aromatic rings. The number of anilines is 1. The smallest absolute Gasteiger partial charge is 0.270 e. The van der Waals surface area contributed by atoms with Crippen LogP contribution in [-0.2, 0) is 9.59 Å². The van der Waals surface area contributed by atoms with Gasteiger partial charge in [0.15, 0.2) is 5.11 Å². The summed E-state index contributed by atoms with van der Waals surface area (Å²) in [6.45, 7) is 3.90. The van der Waals surface area contributed by atoms with E-state index >= 15 is 0 Å². The monoisotopic (exact) mass is 462 g/mol. The number of amides is 2. The molecule has 4 nitrogen and oxygen atoms in total. The van der Waals surface area contributed by atoms with Crippen LogP contribution in [0.1, 0.15) is 16.7 Å². The van der Waals surface area contributed by atoms with Crippen LogP contribution in [0.2, 0.25) is 0 Å². The molecule has 1 saturated heterocycles. The first-order valence-electron chi connectivity index (χ1n) is 7.61. The minimum atomic E-state index is -0.476. The van der Waals surface area contributed by atoms with Crippen molar-refractivity contribution >= 4 is 63.5 Å². The summed E-state index contributed by atoms with van der Waals surface area (Å²) in [5.74, 6) is -0.893. The fraction of sp³-hybridized carbons (Fsp3) is 0.105. The normalized spacial score (nSPS) is 16.4. The van der Waals surface area contributed by atoms with Gasteiger partial charge >= 0.3 is 0 Å². The van der Waals surface area contributed by atoms with Crippen molar-refractivity contribution in [3.63, 3.8) is 0 Å². The highest BCUT2D eigenvalue weighted by Crippen LogP contribution is 2.26. The van der Waals surface area contributed by atoms with Crippen molar-refractivity contribution in [2.24, 2.45) is 0 Å². The SMILES string of the molecule is Cc1ccc(N2C(=O)C(=Cc3ccccc3I)C(=O)NC2=S)c(C)c1. The summed E-state index contributed by atoms with van der Waals surface area (Å²) in [4.78, 5) is 26.7. The third-order valence-corrected chi connectivity index (χ3v) is 5.17. The van der Waals surface area contributed by atoms with Gasteiger partial charge in [0, 0.05) is 3.57 Å². The molecule has 0 bridgehead atoms. The van der Waals surface area contributed by atoms with Gasteiger partial charge < -0.3 is 0 Å². The van der Waals surface area contributed by atoms with E-state index in [-0.39, 0.29) is 10.7 Å². The van der Waals surface area contributed by atoms with Gasteiger partial charge in [0.2, 0.25) is 0 Å². The molecule has 6 heteroatoms. The number of thiocarbonyl (C=S) groups is 1. The zero-order valence-electron chi connectivity index (χ0n) is 13.7. The van der Waals surface area contributed by atoms with E-state index in [1.54, 1.807) is 6.08 Å². The number of halogens is 1. The molecule has 3 rings (SSSR count). The van der Waals surface area contributed by atoms with Crippen LogP contribution in [0.15, 0.2) is 48.0 Å². The average molecular weight is 462 g/mol. The summed E-state index contributed by atoms with van der Waals surface area (Å²) in [6.07, 6.45) is 1.61. The molecule has 0 radical (unpaired) electrons. The largest absolute Gasteiger partial charge is 0.298 e. The molecule has 0 unspecified atom stereocenters. The molecule has 2 aromatic carbocycles. The number of hydrogen-bond acceptors (Lipinski definition) is 3. The molecule has 1 N–H and O–H groups in total. The van der Waals surface area contributed by atoms with Gasteiger partial charge in [-0.25, -0.2) is 0 Å². The van der Waals surface area contributed by atoms with Crippen LogP contribution in [0.5, 0.6) is 0 Å². The molecular weight excluding hydrogens is 447 g/mol. The lowest BCUT2D eigenvalue weighted by Crippen LogP contribution is -2.54. The van der Waals surface area contributed by atoms with E-state index in [4.69, 9.17) is 12.2 Å². The highest BCUT2D eigenvalue weighted by Gasteiger charge is 2.35. The summed E-state index contributed by atoms with van der Waals surface area (Å²) < 4.78 is 0.958. The Hall–Kier alpha value is -2.06. The van der Waals surface area contributed by atoms with Gasteiger partial charge in [-0.3, -0.25) is 19.8 Å². The molecule has 25 heavy (non-hydrogen) atoms. The lowest BCUT2D eigenvalue weighted by atomic mass is 10.0. The average Bonchev–Trinajstić information content (AvgIpc) is 2.55. The van der Waals surface area contributed by atoms with E-state index in [2.05, 4.69) is 27.9 Å². The van der Waals surface area contributed by atoms with Crippen LogP contribution >= 0.6 is 34.8 Å². The van der Waals surface area contributed by atoms with Gasteiger partial charge in [0.1, 0.15) is 5.57 Å². The second kappa shape index (κ2) is 7.05. The predicted octanol–water partition coefficient (Wildman–Crippen LogP) is 3.74. The number of nitrogens with zero attached hydrogens (tertiary/aromatic N) is 1. The van der Waals surface area contributed by atoms with E-state index in [0.29, 0.717) is 5.69 Å². The Morgan fingerprint density at radius 3 is 2.52 bits per heavy atom. The Labute approximate surface area is 165 Å². The van der Waals surface area contributed by atoms with Crippen LogP contribution < -0.4 is 10.2 Å². The zero-order valence-corrected chi connectivity index (χ0v) is 16.6. The number of rotatable bonds is 2. The topological polar surface area (TPSA) is 49.4 Å². The van der Waals surface area contributed by atoms with Gasteiger partial charge in [-0.2, -0.15) is 0 Å². The number of benzene rings is 2. The molecule has 1 aliphatic rings. The maximum Gasteiger partial charge on any atom is 0.270 e. The van der Waals surface area contributed by atoms with Crippen molar-refractivity contribution in [1.29, 1.82) is 0 Å². The highest BCUT2D eigenvalue weighted by molar-refractivity contribution is 14.1. The molecule has 0 saturated carbocycles. The molecular formula is C19H15IN2O2S. The second-order valence-electron chi connectivity index (χ2n) is 5.77. The Morgan fingerprint density at radius 2 is 1.84 bits per heavy atom. The van der Waals surface area contributed by atoms with Crippen LogP contribution in [0, 0.1) is 17.4 Å². The predicted molar refractivity (Wildman–Crippen MR) is 111 cm³/mol. The van der Waals surface area contributed by atoms with Crippen LogP contribution in [-0.4, -0.2) is 16.9 Å². The van der Waals surface area contributed by atoms with Gasteiger partial charge in [0.05, 0.1) is 5.69 Å². The van der Waals surface area contributed by atoms with E-state index in [0.717, 1.165) is 20.3 Å². The van der Waals surface area contributed by atoms with Gasteiger partial charge in [0.25, 0.3) is 11.8 Å². The number of carbonyl (C=O) groups is 2. The van der Waals surface area contributed by atoms with Crippen LogP contribution in [0.25, 0.3) is 6.08 Å². The molecule has 0 spiro atoms. The number of hydrogen-bond donors (Lipinski definition) is 1. The fourth-order valence-corrected chi connectivity index (χ4v) is 3.50. The van der Waals surface area contributed by atoms with Gasteiger partial charge in [-0.05, 0) is 78.0 Å². The molecule has 1 heterocycles. The standard InChI is InChI=1S/C19H15IN2O2S/c1-11-7-8-16(12(2)9-11)22-18(24)14(17(23)21-19(22)25)10-13-5-3-4-6-15(13)20/h3-10H,1-2H3,(H,21,23,25). The summed E-state index contributed by atoms with van der Waals surface area (Å²) in [5, 5.41) is 2.72. The number of nitrogens with one attached hydrogen (secondary N) is 1. The lowest BCUT2D eigenvalue weighted by molar-refractivity contribution is -0.122. The quantitative estimate of drug-likeness (QED) is 0.320. The molecule has 0 aromatic heterocycles. The number of carbonyl (C=O) groups excluding carboxylic acids is 2. The van der Waals surface area contributed by atoms with E-state index < -0.39 is 11.8 Å². The summed E-state index contributed by atoms with van der Waals surface area (Å²) >= 11 is 7.42. The maximum absolute atomic E-state index is 13.0. The first-order chi connectivity index (χ1) is 11.9. The Bertz CT molecular complexity index is 937. The summed E-state index contributed by atoms with van der Waals surface area (Å²) in [5.41, 5.74) is 3.57. The number of aryl methyl sites for hydroxylation is 2. The highest BCUT2D eigenvalue weighted by atomic mass is 127. The Kier molecular flexibility index (Phi) is 5.01. The Balaban J connectivity index is 2.07. The molecule has 126 valence electrons. The van der Waals surface area contributed by atoms with E-state index in [1.165, 1.54) is 4.90 Å². The Morgan fingerprint density at radius 1 is 1.12 bits per heavy atom. The summed E-state index contributed by atoms with van der Waals surface area (Å²) in [7, 11) is 0. The van der Waals surface area contributed by atoms with Crippen molar-refractivity contribution in [3.8, 4) is 0 Å². The van der Waals surface area contributed by atoms with Gasteiger partial charge in [-0.1, -0.05) is 35.9 Å². The van der Waals surface area contributed by atoms with Crippen LogP contribution in [0.3, 0.4) is 0 Å². The van der Waals surface area contributed by atoms with Crippen molar-refractivity contribution in [2.45, 2.75) is 13.8 Å². The van der Waals surface area contributed by atoms with Gasteiger partial charge in [-0.15, -0.1) is 0 Å². The molecule has 0 aliphatic carbocycles. The first-order valence-corrected chi connectivity index (χ1v) is 9.10. The molecule has 2 amide bonds. The molecule has 1 aliphatic heterocycles. The zero-order chi connectivity index (χ0) is 18.1. The first kappa shape index (κ1) is 17.8.